The number of carbonyl (C=O) groups is 1. The SMILES string of the molecule is COCc1nc(C2CCCCN2C(=O)CC(C)(F)F)n[nH]1. The first-order valence-electron chi connectivity index (χ1n) is 6.98. The summed E-state index contributed by atoms with van der Waals surface area (Å²) in [6.07, 6.45) is 1.64. The molecule has 2 heterocycles. The summed E-state index contributed by atoms with van der Waals surface area (Å²) in [4.78, 5) is 17.8. The molecule has 1 N–H and O–H groups in total. The lowest BCUT2D eigenvalue weighted by molar-refractivity contribution is -0.141. The predicted molar refractivity (Wildman–Crippen MR) is 70.6 cm³/mol. The smallest absolute Gasteiger partial charge is 0.254 e. The Morgan fingerprint density at radius 2 is 2.29 bits per heavy atom. The molecule has 8 heteroatoms. The summed E-state index contributed by atoms with van der Waals surface area (Å²) in [5, 5.41) is 6.83. The van der Waals surface area contributed by atoms with Crippen LogP contribution in [0.3, 0.4) is 0 Å². The van der Waals surface area contributed by atoms with Crippen LogP contribution in [0, 0.1) is 0 Å². The third-order valence-electron chi connectivity index (χ3n) is 3.41. The number of piperidine rings is 1. The van der Waals surface area contributed by atoms with Crippen molar-refractivity contribution in [3.8, 4) is 0 Å². The van der Waals surface area contributed by atoms with Gasteiger partial charge in [-0.2, -0.15) is 5.10 Å². The third-order valence-corrected chi connectivity index (χ3v) is 3.41. The topological polar surface area (TPSA) is 71.1 Å². The van der Waals surface area contributed by atoms with Gasteiger partial charge in [0.1, 0.15) is 6.61 Å². The van der Waals surface area contributed by atoms with E-state index in [9.17, 15) is 13.6 Å². The van der Waals surface area contributed by atoms with Gasteiger partial charge in [-0.1, -0.05) is 0 Å². The van der Waals surface area contributed by atoms with E-state index in [1.54, 1.807) is 7.11 Å². The largest absolute Gasteiger partial charge is 0.377 e. The minimum Gasteiger partial charge on any atom is -0.377 e. The highest BCUT2D eigenvalue weighted by Gasteiger charge is 2.35. The van der Waals surface area contributed by atoms with E-state index in [-0.39, 0.29) is 6.04 Å². The zero-order chi connectivity index (χ0) is 15.5. The lowest BCUT2D eigenvalue weighted by Gasteiger charge is -2.34. The van der Waals surface area contributed by atoms with Gasteiger partial charge in [-0.3, -0.25) is 9.89 Å². The number of hydrogen-bond donors (Lipinski definition) is 1. The van der Waals surface area contributed by atoms with Crippen molar-refractivity contribution in [1.82, 2.24) is 20.1 Å². The van der Waals surface area contributed by atoms with Crippen molar-refractivity contribution in [3.63, 3.8) is 0 Å². The number of aromatic nitrogens is 3. The average molecular weight is 302 g/mol. The predicted octanol–water partition coefficient (Wildman–Crippen LogP) is 2.05. The number of nitrogens with zero attached hydrogens (tertiary/aromatic N) is 3. The Morgan fingerprint density at radius 1 is 1.52 bits per heavy atom. The maximum Gasteiger partial charge on any atom is 0.254 e. The van der Waals surface area contributed by atoms with Gasteiger partial charge in [-0.15, -0.1) is 0 Å². The van der Waals surface area contributed by atoms with Crippen LogP contribution < -0.4 is 0 Å². The molecule has 0 saturated carbocycles. The van der Waals surface area contributed by atoms with Crippen LogP contribution in [0.4, 0.5) is 8.78 Å². The number of hydrogen-bond acceptors (Lipinski definition) is 4. The molecule has 1 unspecified atom stereocenters. The molecule has 1 aliphatic rings. The number of aromatic amines is 1. The third kappa shape index (κ3) is 4.20. The number of alkyl halides is 2. The van der Waals surface area contributed by atoms with Crippen molar-refractivity contribution in [3.05, 3.63) is 11.6 Å². The standard InChI is InChI=1S/C13H20F2N4O2/c1-13(14,15)7-11(20)19-6-4-3-5-9(19)12-16-10(8-21-2)17-18-12/h9H,3-8H2,1-2H3,(H,16,17,18). The Hall–Kier alpha value is -1.57. The number of methoxy groups -OCH3 is 1. The van der Waals surface area contributed by atoms with Crippen LogP contribution in [-0.4, -0.2) is 45.6 Å². The molecule has 2 rings (SSSR count). The Bertz CT molecular complexity index is 487. The number of H-pyrrole nitrogens is 1. The van der Waals surface area contributed by atoms with E-state index in [1.165, 1.54) is 4.90 Å². The van der Waals surface area contributed by atoms with E-state index < -0.39 is 18.3 Å². The van der Waals surface area contributed by atoms with Gasteiger partial charge in [0.2, 0.25) is 5.91 Å². The molecule has 0 aromatic carbocycles. The molecule has 0 radical (unpaired) electrons. The van der Waals surface area contributed by atoms with Crippen molar-refractivity contribution >= 4 is 5.91 Å². The van der Waals surface area contributed by atoms with Crippen molar-refractivity contribution in [1.29, 1.82) is 0 Å². The van der Waals surface area contributed by atoms with Gasteiger partial charge in [0.15, 0.2) is 11.6 Å². The number of amides is 1. The summed E-state index contributed by atoms with van der Waals surface area (Å²) in [5.74, 6) is -2.52. The van der Waals surface area contributed by atoms with Crippen LogP contribution in [0.1, 0.15) is 50.3 Å². The molecule has 118 valence electrons. The Labute approximate surface area is 121 Å². The van der Waals surface area contributed by atoms with Gasteiger partial charge >= 0.3 is 0 Å². The van der Waals surface area contributed by atoms with Crippen LogP contribution in [0.25, 0.3) is 0 Å². The fourth-order valence-corrected chi connectivity index (χ4v) is 2.53. The molecule has 1 aromatic rings. The fraction of sp³-hybridized carbons (Fsp3) is 0.769. The fourth-order valence-electron chi connectivity index (χ4n) is 2.53. The van der Waals surface area contributed by atoms with E-state index in [1.807, 2.05) is 0 Å². The number of halogens is 2. The molecule has 1 saturated heterocycles. The number of nitrogens with one attached hydrogen (secondary N) is 1. The summed E-state index contributed by atoms with van der Waals surface area (Å²) < 4.78 is 31.1. The molecule has 21 heavy (non-hydrogen) atoms. The van der Waals surface area contributed by atoms with Gasteiger partial charge in [0.05, 0.1) is 12.5 Å². The molecule has 1 amide bonds. The molecule has 6 nitrogen and oxygen atoms in total. The number of ether oxygens (including phenoxy) is 1. The first kappa shape index (κ1) is 15.8. The van der Waals surface area contributed by atoms with E-state index in [0.717, 1.165) is 19.8 Å². The van der Waals surface area contributed by atoms with E-state index in [2.05, 4.69) is 15.2 Å². The summed E-state index contributed by atoms with van der Waals surface area (Å²) in [7, 11) is 1.54. The minimum atomic E-state index is -3.00. The normalized spacial score (nSPS) is 19.8. The maximum absolute atomic E-state index is 13.1. The Balaban J connectivity index is 2.12. The highest BCUT2D eigenvalue weighted by atomic mass is 19.3. The van der Waals surface area contributed by atoms with Crippen molar-refractivity contribution in [2.75, 3.05) is 13.7 Å². The molecule has 1 aromatic heterocycles. The van der Waals surface area contributed by atoms with Gasteiger partial charge in [0.25, 0.3) is 5.92 Å². The second-order valence-electron chi connectivity index (χ2n) is 5.42. The first-order chi connectivity index (χ1) is 9.90. The zero-order valence-electron chi connectivity index (χ0n) is 12.2. The van der Waals surface area contributed by atoms with E-state index in [4.69, 9.17) is 4.74 Å². The molecule has 1 fully saturated rings. The van der Waals surface area contributed by atoms with Gasteiger partial charge < -0.3 is 9.64 Å². The van der Waals surface area contributed by atoms with Crippen LogP contribution in [-0.2, 0) is 16.1 Å². The van der Waals surface area contributed by atoms with Gasteiger partial charge in [-0.05, 0) is 26.2 Å². The Kier molecular flexibility index (Phi) is 4.87. The monoisotopic (exact) mass is 302 g/mol. The maximum atomic E-state index is 13.1. The van der Waals surface area contributed by atoms with Gasteiger partial charge in [-0.25, -0.2) is 13.8 Å². The van der Waals surface area contributed by atoms with Crippen LogP contribution in [0.2, 0.25) is 0 Å². The van der Waals surface area contributed by atoms with Crippen molar-refractivity contribution in [2.45, 2.75) is 51.2 Å². The summed E-state index contributed by atoms with van der Waals surface area (Å²) in [5.41, 5.74) is 0. The number of carbonyl (C=O) groups excluding carboxylic acids is 1. The van der Waals surface area contributed by atoms with Crippen molar-refractivity contribution in [2.24, 2.45) is 0 Å². The molecular formula is C13H20F2N4O2. The minimum absolute atomic E-state index is 0.292. The van der Waals surface area contributed by atoms with Crippen LogP contribution in [0.5, 0.6) is 0 Å². The van der Waals surface area contributed by atoms with Crippen LogP contribution >= 0.6 is 0 Å². The summed E-state index contributed by atoms with van der Waals surface area (Å²) >= 11 is 0. The van der Waals surface area contributed by atoms with E-state index in [0.29, 0.717) is 31.2 Å². The molecule has 0 aliphatic carbocycles. The average Bonchev–Trinajstić information content (AvgIpc) is 2.86. The summed E-state index contributed by atoms with van der Waals surface area (Å²) in [6, 6.07) is -0.338. The lowest BCUT2D eigenvalue weighted by atomic mass is 10.0. The number of rotatable bonds is 5. The molecule has 1 atom stereocenters. The first-order valence-corrected chi connectivity index (χ1v) is 6.98. The quantitative estimate of drug-likeness (QED) is 0.903. The zero-order valence-corrected chi connectivity index (χ0v) is 12.2. The highest BCUT2D eigenvalue weighted by molar-refractivity contribution is 5.77. The molecular weight excluding hydrogens is 282 g/mol. The highest BCUT2D eigenvalue weighted by Crippen LogP contribution is 2.31. The second kappa shape index (κ2) is 6.46. The van der Waals surface area contributed by atoms with Crippen molar-refractivity contribution < 1.29 is 18.3 Å². The second-order valence-corrected chi connectivity index (χ2v) is 5.42. The van der Waals surface area contributed by atoms with Gasteiger partial charge in [0, 0.05) is 13.7 Å². The molecule has 0 spiro atoms. The molecule has 1 aliphatic heterocycles. The van der Waals surface area contributed by atoms with Crippen LogP contribution in [0.15, 0.2) is 0 Å². The molecule has 0 bridgehead atoms. The van der Waals surface area contributed by atoms with E-state index >= 15 is 0 Å². The Morgan fingerprint density at radius 3 is 2.95 bits per heavy atom. The summed E-state index contributed by atoms with van der Waals surface area (Å²) in [6.45, 7) is 1.52. The lowest BCUT2D eigenvalue weighted by Crippen LogP contribution is -2.41. The number of likely N-dealkylation sites (tertiary alicyclic amines) is 1.